The molecule has 2 heterocycles. The Morgan fingerprint density at radius 3 is 3.07 bits per heavy atom. The third kappa shape index (κ3) is 2.00. The molecule has 2 aromatic rings. The predicted octanol–water partition coefficient (Wildman–Crippen LogP) is 1.69. The smallest absolute Gasteiger partial charge is 0.194 e. The highest BCUT2D eigenvalue weighted by molar-refractivity contribution is 7.13. The van der Waals surface area contributed by atoms with Crippen molar-refractivity contribution in [1.29, 1.82) is 0 Å². The number of oxazole rings is 1. The van der Waals surface area contributed by atoms with Gasteiger partial charge in [0.05, 0.1) is 16.6 Å². The van der Waals surface area contributed by atoms with Gasteiger partial charge in [0.1, 0.15) is 0 Å². The lowest BCUT2D eigenvalue weighted by Gasteiger charge is -1.91. The molecule has 0 unspecified atom stereocenters. The van der Waals surface area contributed by atoms with Gasteiger partial charge >= 0.3 is 0 Å². The summed E-state index contributed by atoms with van der Waals surface area (Å²) in [7, 11) is 0. The second-order valence-corrected chi connectivity index (χ2v) is 3.76. The van der Waals surface area contributed by atoms with Crippen LogP contribution in [0.1, 0.15) is 12.3 Å². The van der Waals surface area contributed by atoms with Crippen molar-refractivity contribution in [1.82, 2.24) is 9.97 Å². The molecule has 2 aromatic heterocycles. The molecule has 0 spiro atoms. The summed E-state index contributed by atoms with van der Waals surface area (Å²) in [6.45, 7) is 0.665. The van der Waals surface area contributed by atoms with Gasteiger partial charge in [-0.05, 0) is 13.0 Å². The van der Waals surface area contributed by atoms with E-state index >= 15 is 0 Å². The Balaban J connectivity index is 2.10. The van der Waals surface area contributed by atoms with Gasteiger partial charge in [0, 0.05) is 12.6 Å². The Hall–Kier alpha value is -1.20. The maximum atomic E-state index is 5.53. The number of hydrogen-bond acceptors (Lipinski definition) is 5. The molecule has 5 heteroatoms. The van der Waals surface area contributed by atoms with Crippen LogP contribution in [0.15, 0.2) is 22.3 Å². The van der Waals surface area contributed by atoms with E-state index in [2.05, 4.69) is 9.97 Å². The van der Waals surface area contributed by atoms with E-state index in [9.17, 15) is 0 Å². The molecule has 0 aliphatic carbocycles. The van der Waals surface area contributed by atoms with Crippen molar-refractivity contribution in [2.75, 3.05) is 6.54 Å². The van der Waals surface area contributed by atoms with E-state index in [0.717, 1.165) is 29.4 Å². The van der Waals surface area contributed by atoms with Crippen molar-refractivity contribution < 1.29 is 4.42 Å². The van der Waals surface area contributed by atoms with Crippen molar-refractivity contribution in [3.05, 3.63) is 23.8 Å². The van der Waals surface area contributed by atoms with Crippen LogP contribution in [0.25, 0.3) is 10.6 Å². The first kappa shape index (κ1) is 9.36. The molecule has 0 aliphatic rings. The first-order valence-electron chi connectivity index (χ1n) is 4.44. The SMILES string of the molecule is NCCCc1ncc(-c2cncs2)o1. The maximum absolute atomic E-state index is 5.53. The number of nitrogens with two attached hydrogens (primary N) is 1. The zero-order valence-electron chi connectivity index (χ0n) is 7.64. The van der Waals surface area contributed by atoms with Crippen LogP contribution in [0.2, 0.25) is 0 Å². The molecule has 74 valence electrons. The molecule has 0 aliphatic heterocycles. The van der Waals surface area contributed by atoms with E-state index in [0.29, 0.717) is 6.54 Å². The van der Waals surface area contributed by atoms with Gasteiger partial charge in [-0.1, -0.05) is 0 Å². The lowest BCUT2D eigenvalue weighted by molar-refractivity contribution is 0.500. The van der Waals surface area contributed by atoms with Crippen molar-refractivity contribution in [2.24, 2.45) is 5.73 Å². The molecule has 0 saturated heterocycles. The molecule has 0 radical (unpaired) electrons. The van der Waals surface area contributed by atoms with E-state index in [1.54, 1.807) is 29.2 Å². The molecule has 2 rings (SSSR count). The summed E-state index contributed by atoms with van der Waals surface area (Å²) in [4.78, 5) is 9.16. The highest BCUT2D eigenvalue weighted by atomic mass is 32.1. The second-order valence-electron chi connectivity index (χ2n) is 2.88. The molecular weight excluding hydrogens is 198 g/mol. The van der Waals surface area contributed by atoms with E-state index in [1.165, 1.54) is 0 Å². The molecule has 0 amide bonds. The monoisotopic (exact) mass is 209 g/mol. The standard InChI is InChI=1S/C9H11N3OS/c10-3-1-2-9-12-4-7(13-9)8-5-11-6-14-8/h4-6H,1-3,10H2. The third-order valence-electron chi connectivity index (χ3n) is 1.82. The fraction of sp³-hybridized carbons (Fsp3) is 0.333. The zero-order chi connectivity index (χ0) is 9.80. The van der Waals surface area contributed by atoms with Gasteiger partial charge < -0.3 is 10.2 Å². The number of rotatable bonds is 4. The number of nitrogens with zero attached hydrogens (tertiary/aromatic N) is 2. The van der Waals surface area contributed by atoms with Crippen LogP contribution in [0.5, 0.6) is 0 Å². The minimum absolute atomic E-state index is 0.665. The van der Waals surface area contributed by atoms with E-state index < -0.39 is 0 Å². The largest absolute Gasteiger partial charge is 0.440 e. The maximum Gasteiger partial charge on any atom is 0.194 e. The van der Waals surface area contributed by atoms with Crippen LogP contribution in [0, 0.1) is 0 Å². The molecule has 0 fully saturated rings. The van der Waals surface area contributed by atoms with Crippen LogP contribution < -0.4 is 5.73 Å². The van der Waals surface area contributed by atoms with Crippen LogP contribution in [-0.4, -0.2) is 16.5 Å². The Morgan fingerprint density at radius 2 is 2.36 bits per heavy atom. The fourth-order valence-corrected chi connectivity index (χ4v) is 1.70. The number of thiazole rings is 1. The molecule has 0 aromatic carbocycles. The Morgan fingerprint density at radius 1 is 1.43 bits per heavy atom. The van der Waals surface area contributed by atoms with Crippen LogP contribution in [0.3, 0.4) is 0 Å². The van der Waals surface area contributed by atoms with E-state index in [4.69, 9.17) is 10.2 Å². The Kier molecular flexibility index (Phi) is 2.90. The van der Waals surface area contributed by atoms with Gasteiger partial charge in [-0.2, -0.15) is 0 Å². The summed E-state index contributed by atoms with van der Waals surface area (Å²) in [5.41, 5.74) is 7.18. The van der Waals surface area contributed by atoms with Crippen molar-refractivity contribution >= 4 is 11.3 Å². The summed E-state index contributed by atoms with van der Waals surface area (Å²) in [5.74, 6) is 1.54. The highest BCUT2D eigenvalue weighted by Crippen LogP contribution is 2.23. The van der Waals surface area contributed by atoms with Crippen molar-refractivity contribution in [3.8, 4) is 10.6 Å². The number of aromatic nitrogens is 2. The van der Waals surface area contributed by atoms with E-state index in [1.807, 2.05) is 0 Å². The van der Waals surface area contributed by atoms with Gasteiger partial charge in [0.2, 0.25) is 0 Å². The lowest BCUT2D eigenvalue weighted by atomic mass is 10.3. The molecule has 0 bridgehead atoms. The van der Waals surface area contributed by atoms with Crippen LogP contribution in [0.4, 0.5) is 0 Å². The van der Waals surface area contributed by atoms with Gasteiger partial charge in [-0.15, -0.1) is 11.3 Å². The molecule has 0 saturated carbocycles. The van der Waals surface area contributed by atoms with Crippen molar-refractivity contribution in [3.63, 3.8) is 0 Å². The molecular formula is C9H11N3OS. The van der Waals surface area contributed by atoms with E-state index in [-0.39, 0.29) is 0 Å². The summed E-state index contributed by atoms with van der Waals surface area (Å²) >= 11 is 1.54. The zero-order valence-corrected chi connectivity index (χ0v) is 8.46. The average molecular weight is 209 g/mol. The molecule has 4 nitrogen and oxygen atoms in total. The highest BCUT2D eigenvalue weighted by Gasteiger charge is 2.06. The molecule has 14 heavy (non-hydrogen) atoms. The Bertz CT molecular complexity index is 382. The fourth-order valence-electron chi connectivity index (χ4n) is 1.13. The second kappa shape index (κ2) is 4.34. The number of aryl methyl sites for hydroxylation is 1. The lowest BCUT2D eigenvalue weighted by Crippen LogP contribution is -2.00. The average Bonchev–Trinajstić information content (AvgIpc) is 2.85. The summed E-state index contributed by atoms with van der Waals surface area (Å²) < 4.78 is 5.53. The predicted molar refractivity (Wildman–Crippen MR) is 55.0 cm³/mol. The summed E-state index contributed by atoms with van der Waals surface area (Å²) in [5, 5.41) is 0. The number of hydrogen-bond donors (Lipinski definition) is 1. The topological polar surface area (TPSA) is 64.9 Å². The van der Waals surface area contributed by atoms with Crippen molar-refractivity contribution in [2.45, 2.75) is 12.8 Å². The van der Waals surface area contributed by atoms with Gasteiger partial charge in [0.25, 0.3) is 0 Å². The summed E-state index contributed by atoms with van der Waals surface area (Å²) in [6, 6.07) is 0. The quantitative estimate of drug-likeness (QED) is 0.832. The first-order chi connectivity index (χ1) is 6.90. The van der Waals surface area contributed by atoms with Crippen LogP contribution in [-0.2, 0) is 6.42 Å². The minimum Gasteiger partial charge on any atom is -0.440 e. The molecule has 2 N–H and O–H groups in total. The first-order valence-corrected chi connectivity index (χ1v) is 5.32. The normalized spacial score (nSPS) is 10.6. The minimum atomic E-state index is 0.665. The van der Waals surface area contributed by atoms with Crippen LogP contribution >= 0.6 is 11.3 Å². The Labute approximate surface area is 85.8 Å². The molecule has 0 atom stereocenters. The van der Waals surface area contributed by atoms with Gasteiger partial charge in [-0.3, -0.25) is 4.98 Å². The van der Waals surface area contributed by atoms with Gasteiger partial charge in [-0.25, -0.2) is 4.98 Å². The van der Waals surface area contributed by atoms with Gasteiger partial charge in [0.15, 0.2) is 11.7 Å². The summed E-state index contributed by atoms with van der Waals surface area (Å²) in [6.07, 6.45) is 5.22. The third-order valence-corrected chi connectivity index (χ3v) is 2.61.